The van der Waals surface area contributed by atoms with Crippen LogP contribution in [0, 0.1) is 5.92 Å². The second-order valence-corrected chi connectivity index (χ2v) is 7.09. The van der Waals surface area contributed by atoms with Crippen LogP contribution in [0.1, 0.15) is 30.3 Å². The van der Waals surface area contributed by atoms with Gasteiger partial charge in [-0.1, -0.05) is 29.8 Å². The molecule has 0 spiro atoms. The third kappa shape index (κ3) is 3.02. The minimum absolute atomic E-state index is 0.0646. The molecule has 1 heterocycles. The summed E-state index contributed by atoms with van der Waals surface area (Å²) >= 11 is 7.54. The minimum atomic E-state index is -0.564. The largest absolute Gasteiger partial charge is 0.394 e. The van der Waals surface area contributed by atoms with E-state index in [-0.39, 0.29) is 12.5 Å². The average molecular weight is 337 g/mol. The van der Waals surface area contributed by atoms with Gasteiger partial charge in [0.25, 0.3) is 5.91 Å². The summed E-state index contributed by atoms with van der Waals surface area (Å²) in [5, 5.41) is 15.5. The fraction of sp³-hybridized carbons (Fsp3) is 0.375. The molecule has 116 valence electrons. The summed E-state index contributed by atoms with van der Waals surface area (Å²) in [4.78, 5) is 16.7. The van der Waals surface area contributed by atoms with Crippen molar-refractivity contribution in [2.75, 3.05) is 6.61 Å². The molecule has 1 fully saturated rings. The first-order valence-corrected chi connectivity index (χ1v) is 8.43. The Balaban J connectivity index is 1.79. The third-order valence-corrected chi connectivity index (χ3v) is 5.25. The molecule has 1 aliphatic rings. The molecular weight excluding hydrogens is 320 g/mol. The van der Waals surface area contributed by atoms with E-state index in [1.165, 1.54) is 11.3 Å². The van der Waals surface area contributed by atoms with Crippen LogP contribution < -0.4 is 5.32 Å². The van der Waals surface area contributed by atoms with E-state index in [1.54, 1.807) is 11.4 Å². The highest BCUT2D eigenvalue weighted by molar-refractivity contribution is 7.13. The Morgan fingerprint density at radius 2 is 2.23 bits per heavy atom. The van der Waals surface area contributed by atoms with Crippen LogP contribution in [-0.4, -0.2) is 28.1 Å². The van der Waals surface area contributed by atoms with Crippen LogP contribution >= 0.6 is 22.9 Å². The molecule has 2 N–H and O–H groups in total. The van der Waals surface area contributed by atoms with Crippen LogP contribution in [0.15, 0.2) is 29.6 Å². The van der Waals surface area contributed by atoms with Crippen molar-refractivity contribution in [1.82, 2.24) is 10.3 Å². The lowest BCUT2D eigenvalue weighted by atomic mass is 9.97. The zero-order chi connectivity index (χ0) is 15.7. The summed E-state index contributed by atoms with van der Waals surface area (Å²) in [6.07, 6.45) is 2.08. The van der Waals surface area contributed by atoms with Gasteiger partial charge >= 0.3 is 0 Å². The number of benzene rings is 1. The molecule has 0 aliphatic heterocycles. The topological polar surface area (TPSA) is 62.2 Å². The van der Waals surface area contributed by atoms with Crippen molar-refractivity contribution in [3.05, 3.63) is 40.4 Å². The summed E-state index contributed by atoms with van der Waals surface area (Å²) in [5.41, 5.74) is 0.617. The quantitative estimate of drug-likeness (QED) is 0.880. The Labute approximate surface area is 138 Å². The van der Waals surface area contributed by atoms with Crippen molar-refractivity contribution >= 4 is 28.8 Å². The summed E-state index contributed by atoms with van der Waals surface area (Å²) in [5.74, 6) is 0.0983. The first kappa shape index (κ1) is 15.5. The lowest BCUT2D eigenvalue weighted by Crippen LogP contribution is -2.50. The normalized spacial score (nSPS) is 17.0. The smallest absolute Gasteiger partial charge is 0.271 e. The van der Waals surface area contributed by atoms with E-state index in [9.17, 15) is 9.90 Å². The summed E-state index contributed by atoms with van der Waals surface area (Å²) < 4.78 is 0. The van der Waals surface area contributed by atoms with Crippen LogP contribution in [0.5, 0.6) is 0 Å². The molecule has 4 nitrogen and oxygen atoms in total. The number of carbonyl (C=O) groups excluding carboxylic acids is 1. The van der Waals surface area contributed by atoms with Gasteiger partial charge in [-0.3, -0.25) is 4.79 Å². The van der Waals surface area contributed by atoms with Gasteiger partial charge in [-0.25, -0.2) is 4.98 Å². The maximum Gasteiger partial charge on any atom is 0.271 e. The van der Waals surface area contributed by atoms with Gasteiger partial charge in [-0.05, 0) is 31.7 Å². The SMILES string of the molecule is CC(CO)(NC(=O)c1csc(-c2ccccc2Cl)n1)C1CC1. The Hall–Kier alpha value is -1.43. The number of hydrogen-bond donors (Lipinski definition) is 2. The molecule has 6 heteroatoms. The number of carbonyl (C=O) groups is 1. The Bertz CT molecular complexity index is 699. The minimum Gasteiger partial charge on any atom is -0.394 e. The third-order valence-electron chi connectivity index (χ3n) is 4.05. The second-order valence-electron chi connectivity index (χ2n) is 5.82. The van der Waals surface area contributed by atoms with Gasteiger partial charge in [0.05, 0.1) is 17.2 Å². The molecule has 1 aromatic carbocycles. The number of nitrogens with zero attached hydrogens (tertiary/aromatic N) is 1. The molecule has 3 rings (SSSR count). The second kappa shape index (κ2) is 5.99. The van der Waals surface area contributed by atoms with Crippen molar-refractivity contribution in [2.24, 2.45) is 5.92 Å². The van der Waals surface area contributed by atoms with E-state index in [0.29, 0.717) is 21.6 Å². The van der Waals surface area contributed by atoms with E-state index >= 15 is 0 Å². The van der Waals surface area contributed by atoms with Gasteiger partial charge in [0, 0.05) is 10.9 Å². The molecule has 22 heavy (non-hydrogen) atoms. The summed E-state index contributed by atoms with van der Waals surface area (Å²) in [6.45, 7) is 1.81. The van der Waals surface area contributed by atoms with Crippen molar-refractivity contribution in [3.8, 4) is 10.6 Å². The predicted octanol–water partition coefficient (Wildman–Crippen LogP) is 3.35. The maximum absolute atomic E-state index is 12.4. The molecule has 1 aliphatic carbocycles. The van der Waals surface area contributed by atoms with Crippen LogP contribution in [0.25, 0.3) is 10.6 Å². The van der Waals surface area contributed by atoms with Crippen LogP contribution in [0.2, 0.25) is 5.02 Å². The van der Waals surface area contributed by atoms with E-state index in [2.05, 4.69) is 10.3 Å². The van der Waals surface area contributed by atoms with E-state index in [4.69, 9.17) is 11.6 Å². The number of rotatable bonds is 5. The zero-order valence-electron chi connectivity index (χ0n) is 12.2. The highest BCUT2D eigenvalue weighted by Crippen LogP contribution is 2.39. The zero-order valence-corrected chi connectivity index (χ0v) is 13.7. The van der Waals surface area contributed by atoms with Crippen molar-refractivity contribution in [3.63, 3.8) is 0 Å². The number of halogens is 1. The summed E-state index contributed by atoms with van der Waals surface area (Å²) in [7, 11) is 0. The van der Waals surface area contributed by atoms with Gasteiger partial charge in [0.2, 0.25) is 0 Å². The first-order chi connectivity index (χ1) is 10.5. The molecule has 1 saturated carbocycles. The fourth-order valence-electron chi connectivity index (χ4n) is 2.45. The van der Waals surface area contributed by atoms with Gasteiger partial charge in [0.1, 0.15) is 10.7 Å². The molecule has 0 radical (unpaired) electrons. The highest BCUT2D eigenvalue weighted by Gasteiger charge is 2.42. The van der Waals surface area contributed by atoms with Crippen molar-refractivity contribution < 1.29 is 9.90 Å². The number of amides is 1. The first-order valence-electron chi connectivity index (χ1n) is 7.17. The number of thiazole rings is 1. The van der Waals surface area contributed by atoms with Crippen molar-refractivity contribution in [1.29, 1.82) is 0 Å². The number of hydrogen-bond acceptors (Lipinski definition) is 4. The molecule has 1 atom stereocenters. The number of aromatic nitrogens is 1. The van der Waals surface area contributed by atoms with Crippen LogP contribution in [0.3, 0.4) is 0 Å². The van der Waals surface area contributed by atoms with Crippen LogP contribution in [-0.2, 0) is 0 Å². The molecule has 0 saturated heterocycles. The van der Waals surface area contributed by atoms with Crippen molar-refractivity contribution in [2.45, 2.75) is 25.3 Å². The van der Waals surface area contributed by atoms with Crippen LogP contribution in [0.4, 0.5) is 0 Å². The molecule has 1 amide bonds. The van der Waals surface area contributed by atoms with E-state index in [1.807, 2.05) is 25.1 Å². The lowest BCUT2D eigenvalue weighted by Gasteiger charge is -2.28. The number of aliphatic hydroxyl groups excluding tert-OH is 1. The molecule has 2 aromatic rings. The maximum atomic E-state index is 12.4. The van der Waals surface area contributed by atoms with Gasteiger partial charge in [-0.15, -0.1) is 11.3 Å². The molecular formula is C16H17ClN2O2S. The van der Waals surface area contributed by atoms with Gasteiger partial charge in [-0.2, -0.15) is 0 Å². The monoisotopic (exact) mass is 336 g/mol. The van der Waals surface area contributed by atoms with Gasteiger partial charge in [0.15, 0.2) is 0 Å². The van der Waals surface area contributed by atoms with E-state index < -0.39 is 5.54 Å². The van der Waals surface area contributed by atoms with Gasteiger partial charge < -0.3 is 10.4 Å². The molecule has 1 unspecified atom stereocenters. The Morgan fingerprint density at radius 3 is 2.86 bits per heavy atom. The fourth-order valence-corrected chi connectivity index (χ4v) is 3.57. The molecule has 1 aromatic heterocycles. The highest BCUT2D eigenvalue weighted by atomic mass is 35.5. The Kier molecular flexibility index (Phi) is 4.21. The standard InChI is InChI=1S/C16H17ClN2O2S/c1-16(9-20,10-6-7-10)19-14(21)13-8-22-15(18-13)11-4-2-3-5-12(11)17/h2-5,8,10,20H,6-7,9H2,1H3,(H,19,21). The van der Waals surface area contributed by atoms with E-state index in [0.717, 1.165) is 18.4 Å². The number of aliphatic hydroxyl groups is 1. The average Bonchev–Trinajstić information content (AvgIpc) is 3.26. The summed E-state index contributed by atoms with van der Waals surface area (Å²) in [6, 6.07) is 7.42. The molecule has 0 bridgehead atoms. The lowest BCUT2D eigenvalue weighted by molar-refractivity contribution is 0.0820. The number of nitrogens with one attached hydrogen (secondary N) is 1. The Morgan fingerprint density at radius 1 is 1.50 bits per heavy atom. The predicted molar refractivity (Wildman–Crippen MR) is 88.2 cm³/mol.